The fourth-order valence-electron chi connectivity index (χ4n) is 5.53. The Hall–Kier alpha value is -5.10. The molecular formula is C35H31N5O. The predicted molar refractivity (Wildman–Crippen MR) is 162 cm³/mol. The van der Waals surface area contributed by atoms with Gasteiger partial charge >= 0.3 is 0 Å². The van der Waals surface area contributed by atoms with E-state index in [-0.39, 0.29) is 11.8 Å². The van der Waals surface area contributed by atoms with Crippen molar-refractivity contribution in [1.82, 2.24) is 19.5 Å². The minimum atomic E-state index is -0.767. The van der Waals surface area contributed by atoms with Crippen LogP contribution in [0.2, 0.25) is 0 Å². The quantitative estimate of drug-likeness (QED) is 0.204. The van der Waals surface area contributed by atoms with Gasteiger partial charge in [-0.05, 0) is 35.1 Å². The lowest BCUT2D eigenvalue weighted by Gasteiger charge is -2.37. The van der Waals surface area contributed by atoms with Crippen molar-refractivity contribution in [3.63, 3.8) is 0 Å². The number of anilines is 1. The van der Waals surface area contributed by atoms with E-state index in [2.05, 4.69) is 63.4 Å². The average Bonchev–Trinajstić information content (AvgIpc) is 3.48. The third kappa shape index (κ3) is 5.00. The third-order valence-corrected chi connectivity index (χ3v) is 7.67. The summed E-state index contributed by atoms with van der Waals surface area (Å²) in [6, 6.07) is 41.3. The molecule has 2 heterocycles. The molecule has 1 amide bonds. The van der Waals surface area contributed by atoms with Crippen molar-refractivity contribution in [2.45, 2.75) is 25.3 Å². The maximum Gasteiger partial charge on any atom is 0.228 e. The van der Waals surface area contributed by atoms with E-state index < -0.39 is 5.54 Å². The number of aryl methyl sites for hydroxylation is 1. The molecule has 0 saturated heterocycles. The molecule has 6 aromatic rings. The van der Waals surface area contributed by atoms with Crippen molar-refractivity contribution in [3.8, 4) is 0 Å². The molecule has 0 saturated carbocycles. The van der Waals surface area contributed by atoms with Crippen molar-refractivity contribution < 1.29 is 4.79 Å². The fraction of sp³-hybridized carbons (Fsp3) is 0.143. The Bertz CT molecular complexity index is 1640. The molecular weight excluding hydrogens is 506 g/mol. The number of hydrogen-bond acceptors (Lipinski definition) is 4. The van der Waals surface area contributed by atoms with E-state index in [0.29, 0.717) is 17.0 Å². The number of carbonyl (C=O) groups is 1. The summed E-state index contributed by atoms with van der Waals surface area (Å²) in [7, 11) is 0. The lowest BCUT2D eigenvalue weighted by Crippen LogP contribution is -2.37. The summed E-state index contributed by atoms with van der Waals surface area (Å²) in [5, 5.41) is 3.04. The smallest absolute Gasteiger partial charge is 0.228 e. The molecule has 0 aliphatic heterocycles. The lowest BCUT2D eigenvalue weighted by molar-refractivity contribution is -0.119. The second-order valence-corrected chi connectivity index (χ2v) is 10.2. The summed E-state index contributed by atoms with van der Waals surface area (Å²) in [6.07, 6.45) is 4.87. The number of benzene rings is 4. The molecule has 0 radical (unpaired) electrons. The summed E-state index contributed by atoms with van der Waals surface area (Å²) in [5.74, 6) is 0.128. The van der Waals surface area contributed by atoms with Crippen LogP contribution >= 0.6 is 0 Å². The molecule has 6 heteroatoms. The molecule has 0 bridgehead atoms. The van der Waals surface area contributed by atoms with Crippen molar-refractivity contribution in [1.29, 1.82) is 0 Å². The van der Waals surface area contributed by atoms with Gasteiger partial charge in [-0.1, -0.05) is 128 Å². The molecule has 6 nitrogen and oxygen atoms in total. The van der Waals surface area contributed by atoms with E-state index in [4.69, 9.17) is 9.97 Å². The Balaban J connectivity index is 1.43. The highest BCUT2D eigenvalue weighted by Crippen LogP contribution is 2.42. The molecule has 0 aliphatic rings. The Labute approximate surface area is 239 Å². The zero-order valence-corrected chi connectivity index (χ0v) is 22.9. The van der Waals surface area contributed by atoms with Gasteiger partial charge in [-0.2, -0.15) is 0 Å². The van der Waals surface area contributed by atoms with Crippen molar-refractivity contribution in [3.05, 3.63) is 156 Å². The van der Waals surface area contributed by atoms with Gasteiger partial charge in [0.15, 0.2) is 17.0 Å². The van der Waals surface area contributed by atoms with Crippen LogP contribution in [-0.4, -0.2) is 25.4 Å². The number of rotatable bonds is 9. The second kappa shape index (κ2) is 11.6. The fourth-order valence-corrected chi connectivity index (χ4v) is 5.53. The summed E-state index contributed by atoms with van der Waals surface area (Å²) >= 11 is 0. The van der Waals surface area contributed by atoms with Gasteiger partial charge in [0.2, 0.25) is 5.91 Å². The number of nitrogens with zero attached hydrogens (tertiary/aromatic N) is 4. The Morgan fingerprint density at radius 3 is 1.78 bits per heavy atom. The summed E-state index contributed by atoms with van der Waals surface area (Å²) in [6.45, 7) is 1.94. The van der Waals surface area contributed by atoms with Crippen molar-refractivity contribution >= 4 is 22.9 Å². The van der Waals surface area contributed by atoms with Gasteiger partial charge in [-0.3, -0.25) is 9.36 Å². The number of imidazole rings is 1. The van der Waals surface area contributed by atoms with Gasteiger partial charge in [0, 0.05) is 5.92 Å². The molecule has 41 heavy (non-hydrogen) atoms. The third-order valence-electron chi connectivity index (χ3n) is 7.67. The van der Waals surface area contributed by atoms with Gasteiger partial charge in [0.05, 0.1) is 6.33 Å². The van der Waals surface area contributed by atoms with Gasteiger partial charge < -0.3 is 5.32 Å². The van der Waals surface area contributed by atoms with Crippen LogP contribution in [-0.2, 0) is 16.8 Å². The first-order valence-electron chi connectivity index (χ1n) is 13.9. The van der Waals surface area contributed by atoms with Crippen LogP contribution in [0.1, 0.15) is 35.6 Å². The second-order valence-electron chi connectivity index (χ2n) is 10.2. The van der Waals surface area contributed by atoms with Crippen LogP contribution < -0.4 is 5.32 Å². The van der Waals surface area contributed by atoms with E-state index in [1.54, 1.807) is 6.33 Å². The molecule has 1 atom stereocenters. The number of fused-ring (bicyclic) bond motifs is 1. The molecule has 4 aromatic carbocycles. The molecule has 0 spiro atoms. The summed E-state index contributed by atoms with van der Waals surface area (Å²) in [4.78, 5) is 27.2. The minimum Gasteiger partial charge on any atom is -0.308 e. The maximum absolute atomic E-state index is 13.2. The van der Waals surface area contributed by atoms with Crippen LogP contribution in [0.25, 0.3) is 11.2 Å². The zero-order chi connectivity index (χ0) is 28.1. The van der Waals surface area contributed by atoms with Crippen molar-refractivity contribution in [2.75, 3.05) is 5.32 Å². The Morgan fingerprint density at radius 1 is 0.732 bits per heavy atom. The van der Waals surface area contributed by atoms with Crippen LogP contribution in [0.5, 0.6) is 0 Å². The number of amides is 1. The SMILES string of the molecule is CC(CCc1ccccc1)C(=O)Nc1ncnc2c1ncn2C(c1ccccc1)(c1ccccc1)c1ccccc1. The highest BCUT2D eigenvalue weighted by Gasteiger charge is 2.40. The topological polar surface area (TPSA) is 72.7 Å². The molecule has 0 fully saturated rings. The van der Waals surface area contributed by atoms with Gasteiger partial charge in [-0.15, -0.1) is 0 Å². The first kappa shape index (κ1) is 26.1. The van der Waals surface area contributed by atoms with E-state index in [0.717, 1.165) is 29.5 Å². The minimum absolute atomic E-state index is 0.0871. The molecule has 2 aromatic heterocycles. The van der Waals surface area contributed by atoms with Crippen LogP contribution in [0, 0.1) is 5.92 Å². The predicted octanol–water partition coefficient (Wildman–Crippen LogP) is 6.87. The number of carbonyl (C=O) groups excluding carboxylic acids is 1. The normalized spacial score (nSPS) is 12.2. The largest absolute Gasteiger partial charge is 0.308 e. The zero-order valence-electron chi connectivity index (χ0n) is 22.9. The van der Waals surface area contributed by atoms with E-state index in [9.17, 15) is 4.79 Å². The number of aromatic nitrogens is 4. The maximum atomic E-state index is 13.2. The van der Waals surface area contributed by atoms with Crippen LogP contribution in [0.15, 0.2) is 134 Å². The first-order valence-corrected chi connectivity index (χ1v) is 13.9. The average molecular weight is 538 g/mol. The summed E-state index contributed by atoms with van der Waals surface area (Å²) in [5.41, 5.74) is 4.82. The molecule has 1 unspecified atom stereocenters. The lowest BCUT2D eigenvalue weighted by atomic mass is 9.76. The van der Waals surface area contributed by atoms with E-state index >= 15 is 0 Å². The van der Waals surface area contributed by atoms with Crippen molar-refractivity contribution in [2.24, 2.45) is 5.92 Å². The molecule has 6 rings (SSSR count). The van der Waals surface area contributed by atoms with Gasteiger partial charge in [-0.25, -0.2) is 15.0 Å². The van der Waals surface area contributed by atoms with E-state index in [1.165, 1.54) is 11.9 Å². The molecule has 0 aliphatic carbocycles. The standard InChI is InChI=1S/C35H31N5O/c1-26(22-23-27-14-6-2-7-15-27)34(41)39-32-31-33(37-24-36-32)40(25-38-31)35(28-16-8-3-9-17-28,29-18-10-4-11-19-29)30-20-12-5-13-21-30/h2-21,24-26H,22-23H2,1H3,(H,36,37,39,41). The Kier molecular flexibility index (Phi) is 7.37. The molecule has 1 N–H and O–H groups in total. The number of hydrogen-bond donors (Lipinski definition) is 1. The first-order chi connectivity index (χ1) is 20.2. The monoisotopic (exact) mass is 537 g/mol. The van der Waals surface area contributed by atoms with Gasteiger partial charge in [0.25, 0.3) is 0 Å². The highest BCUT2D eigenvalue weighted by atomic mass is 16.1. The van der Waals surface area contributed by atoms with Gasteiger partial charge in [0.1, 0.15) is 11.9 Å². The number of nitrogens with one attached hydrogen (secondary N) is 1. The van der Waals surface area contributed by atoms with Crippen LogP contribution in [0.3, 0.4) is 0 Å². The highest BCUT2D eigenvalue weighted by molar-refractivity contribution is 5.97. The Morgan fingerprint density at radius 2 is 1.24 bits per heavy atom. The molecule has 202 valence electrons. The van der Waals surface area contributed by atoms with Crippen LogP contribution in [0.4, 0.5) is 5.82 Å². The van der Waals surface area contributed by atoms with E-state index in [1.807, 2.05) is 79.7 Å². The summed E-state index contributed by atoms with van der Waals surface area (Å²) < 4.78 is 2.10.